The Kier molecular flexibility index (Phi) is 7.47. The summed E-state index contributed by atoms with van der Waals surface area (Å²) < 4.78 is 5.63. The van der Waals surface area contributed by atoms with Gasteiger partial charge in [-0.2, -0.15) is 0 Å². The molecule has 0 saturated carbocycles. The first-order chi connectivity index (χ1) is 16.5. The molecular formula is C26H31N3O5. The van der Waals surface area contributed by atoms with Gasteiger partial charge in [-0.1, -0.05) is 55.5 Å². The lowest BCUT2D eigenvalue weighted by Crippen LogP contribution is -2.49. The van der Waals surface area contributed by atoms with Crippen LogP contribution in [-0.4, -0.2) is 66.3 Å². The van der Waals surface area contributed by atoms with Crippen LogP contribution in [0.25, 0.3) is 11.1 Å². The quantitative estimate of drug-likeness (QED) is 0.553. The number of carbonyl (C=O) groups is 3. The number of ether oxygens (including phenoxy) is 1. The molecule has 8 heteroatoms. The number of likely N-dealkylation sites (tertiary alicyclic amines) is 1. The largest absolute Gasteiger partial charge is 0.480 e. The molecule has 8 nitrogen and oxygen atoms in total. The summed E-state index contributed by atoms with van der Waals surface area (Å²) in [5.74, 6) is -1.30. The van der Waals surface area contributed by atoms with Crippen molar-refractivity contribution in [3.63, 3.8) is 0 Å². The van der Waals surface area contributed by atoms with Crippen LogP contribution in [0.2, 0.25) is 0 Å². The smallest absolute Gasteiger partial charge is 0.407 e. The van der Waals surface area contributed by atoms with Crippen LogP contribution in [0.1, 0.15) is 43.2 Å². The maximum absolute atomic E-state index is 12.5. The molecule has 2 aliphatic rings. The van der Waals surface area contributed by atoms with Crippen molar-refractivity contribution in [3.05, 3.63) is 59.7 Å². The van der Waals surface area contributed by atoms with Crippen LogP contribution in [0, 0.1) is 0 Å². The molecule has 0 radical (unpaired) electrons. The summed E-state index contributed by atoms with van der Waals surface area (Å²) >= 11 is 0. The first-order valence-electron chi connectivity index (χ1n) is 11.8. The van der Waals surface area contributed by atoms with Crippen molar-refractivity contribution < 1.29 is 24.2 Å². The Morgan fingerprint density at radius 1 is 1.03 bits per heavy atom. The Balaban J connectivity index is 1.23. The van der Waals surface area contributed by atoms with E-state index >= 15 is 0 Å². The molecule has 0 unspecified atom stereocenters. The van der Waals surface area contributed by atoms with Crippen LogP contribution >= 0.6 is 0 Å². The zero-order valence-electron chi connectivity index (χ0n) is 19.3. The van der Waals surface area contributed by atoms with Gasteiger partial charge in [0.2, 0.25) is 5.91 Å². The molecule has 0 bridgehead atoms. The van der Waals surface area contributed by atoms with Gasteiger partial charge in [0, 0.05) is 25.0 Å². The molecule has 0 aromatic heterocycles. The first-order valence-corrected chi connectivity index (χ1v) is 11.8. The number of nitrogens with zero attached hydrogens (tertiary/aromatic N) is 1. The number of carboxylic acid groups (broad SMARTS) is 1. The molecule has 34 heavy (non-hydrogen) atoms. The second-order valence-corrected chi connectivity index (χ2v) is 8.89. The van der Waals surface area contributed by atoms with E-state index in [-0.39, 0.29) is 31.0 Å². The molecule has 1 atom stereocenters. The Bertz CT molecular complexity index is 1000. The van der Waals surface area contributed by atoms with E-state index in [2.05, 4.69) is 34.9 Å². The average molecular weight is 466 g/mol. The molecule has 2 aromatic carbocycles. The predicted molar refractivity (Wildman–Crippen MR) is 128 cm³/mol. The van der Waals surface area contributed by atoms with Gasteiger partial charge in [0.15, 0.2) is 0 Å². The number of fused-ring (bicyclic) bond motifs is 3. The molecule has 1 aliphatic carbocycles. The van der Waals surface area contributed by atoms with E-state index in [4.69, 9.17) is 9.84 Å². The number of alkyl carbamates (subject to hydrolysis) is 1. The number of amides is 2. The van der Waals surface area contributed by atoms with Gasteiger partial charge in [-0.15, -0.1) is 0 Å². The van der Waals surface area contributed by atoms with E-state index in [0.717, 1.165) is 0 Å². The van der Waals surface area contributed by atoms with Crippen molar-refractivity contribution in [1.29, 1.82) is 0 Å². The molecule has 1 aliphatic heterocycles. The molecule has 3 N–H and O–H groups in total. The molecule has 2 amide bonds. The Morgan fingerprint density at radius 2 is 1.62 bits per heavy atom. The van der Waals surface area contributed by atoms with Gasteiger partial charge in [-0.3, -0.25) is 9.69 Å². The fraction of sp³-hybridized carbons (Fsp3) is 0.423. The number of nitrogens with one attached hydrogen (secondary N) is 2. The zero-order chi connectivity index (χ0) is 24.1. The van der Waals surface area contributed by atoms with Crippen molar-refractivity contribution in [2.75, 3.05) is 26.2 Å². The number of aliphatic carboxylic acids is 1. The predicted octanol–water partition coefficient (Wildman–Crippen LogP) is 2.97. The van der Waals surface area contributed by atoms with Crippen molar-refractivity contribution in [2.24, 2.45) is 0 Å². The summed E-state index contributed by atoms with van der Waals surface area (Å²) in [7, 11) is 0. The molecule has 180 valence electrons. The van der Waals surface area contributed by atoms with Crippen LogP contribution in [-0.2, 0) is 14.3 Å². The second kappa shape index (κ2) is 10.7. The molecular weight excluding hydrogens is 434 g/mol. The van der Waals surface area contributed by atoms with E-state index in [0.29, 0.717) is 32.4 Å². The first kappa shape index (κ1) is 23.8. The Morgan fingerprint density at radius 3 is 2.18 bits per heavy atom. The second-order valence-electron chi connectivity index (χ2n) is 8.89. The van der Waals surface area contributed by atoms with Crippen LogP contribution < -0.4 is 10.6 Å². The van der Waals surface area contributed by atoms with Crippen molar-refractivity contribution in [1.82, 2.24) is 15.5 Å². The van der Waals surface area contributed by atoms with Crippen molar-refractivity contribution in [3.8, 4) is 11.1 Å². The maximum atomic E-state index is 12.5. The summed E-state index contributed by atoms with van der Waals surface area (Å²) in [4.78, 5) is 37.7. The van der Waals surface area contributed by atoms with Gasteiger partial charge in [0.25, 0.3) is 0 Å². The summed E-state index contributed by atoms with van der Waals surface area (Å²) in [6, 6.07) is 15.6. The van der Waals surface area contributed by atoms with Gasteiger partial charge in [-0.05, 0) is 41.5 Å². The Labute approximate surface area is 199 Å². The summed E-state index contributed by atoms with van der Waals surface area (Å²) in [6.07, 6.45) is 1.32. The number of piperidine rings is 1. The fourth-order valence-corrected chi connectivity index (χ4v) is 4.82. The van der Waals surface area contributed by atoms with E-state index in [1.807, 2.05) is 29.2 Å². The number of carboxylic acids is 1. The number of hydrogen-bond acceptors (Lipinski definition) is 5. The normalized spacial score (nSPS) is 16.9. The van der Waals surface area contributed by atoms with E-state index in [1.54, 1.807) is 6.92 Å². The van der Waals surface area contributed by atoms with Gasteiger partial charge in [0.05, 0.1) is 6.54 Å². The summed E-state index contributed by atoms with van der Waals surface area (Å²) in [6.45, 7) is 3.44. The van der Waals surface area contributed by atoms with Crippen LogP contribution in [0.4, 0.5) is 4.79 Å². The number of rotatable bonds is 8. The number of carbonyl (C=O) groups excluding carboxylic acids is 2. The van der Waals surface area contributed by atoms with Crippen LogP contribution in [0.3, 0.4) is 0 Å². The molecule has 1 heterocycles. The third-order valence-corrected chi connectivity index (χ3v) is 6.66. The third-order valence-electron chi connectivity index (χ3n) is 6.66. The topological polar surface area (TPSA) is 108 Å². The molecule has 0 spiro atoms. The van der Waals surface area contributed by atoms with Gasteiger partial charge in [-0.25, -0.2) is 9.59 Å². The highest BCUT2D eigenvalue weighted by Gasteiger charge is 2.30. The lowest BCUT2D eigenvalue weighted by molar-refractivity contribution is -0.142. The molecule has 1 fully saturated rings. The number of hydrogen-bond donors (Lipinski definition) is 3. The lowest BCUT2D eigenvalue weighted by Gasteiger charge is -2.31. The zero-order valence-corrected chi connectivity index (χ0v) is 19.3. The van der Waals surface area contributed by atoms with Crippen molar-refractivity contribution in [2.45, 2.75) is 44.2 Å². The van der Waals surface area contributed by atoms with Gasteiger partial charge < -0.3 is 20.5 Å². The van der Waals surface area contributed by atoms with Crippen LogP contribution in [0.15, 0.2) is 48.5 Å². The maximum Gasteiger partial charge on any atom is 0.407 e. The molecule has 4 rings (SSSR count). The minimum atomic E-state index is -1.03. The van der Waals surface area contributed by atoms with Gasteiger partial charge >= 0.3 is 12.1 Å². The highest BCUT2D eigenvalue weighted by atomic mass is 16.5. The molecule has 2 aromatic rings. The minimum Gasteiger partial charge on any atom is -0.480 e. The number of benzene rings is 2. The van der Waals surface area contributed by atoms with E-state index < -0.39 is 18.1 Å². The highest BCUT2D eigenvalue weighted by Crippen LogP contribution is 2.44. The minimum absolute atomic E-state index is 0.0163. The lowest BCUT2D eigenvalue weighted by atomic mass is 9.98. The van der Waals surface area contributed by atoms with E-state index in [9.17, 15) is 14.4 Å². The molecule has 1 saturated heterocycles. The fourth-order valence-electron chi connectivity index (χ4n) is 4.82. The average Bonchev–Trinajstić information content (AvgIpc) is 3.16. The SMILES string of the molecule is CC[C@H](NC(=O)CN1CCC(NC(=O)OCC2c3ccccc3-c3ccccc32)CC1)C(=O)O. The summed E-state index contributed by atoms with van der Waals surface area (Å²) in [5.41, 5.74) is 4.74. The highest BCUT2D eigenvalue weighted by molar-refractivity contribution is 5.84. The summed E-state index contributed by atoms with van der Waals surface area (Å²) in [5, 5.41) is 14.6. The van der Waals surface area contributed by atoms with Gasteiger partial charge in [0.1, 0.15) is 12.6 Å². The third kappa shape index (κ3) is 5.39. The standard InChI is InChI=1S/C26H31N3O5/c1-2-23(25(31)32)28-24(30)15-29-13-11-17(12-14-29)27-26(33)34-16-22-20-9-5-3-7-18(20)19-8-4-6-10-21(19)22/h3-10,17,22-23H,2,11-16H2,1H3,(H,27,33)(H,28,30)(H,31,32)/t23-/m0/s1. The monoisotopic (exact) mass is 465 g/mol. The Hall–Kier alpha value is -3.39. The van der Waals surface area contributed by atoms with Crippen molar-refractivity contribution >= 4 is 18.0 Å². The van der Waals surface area contributed by atoms with Crippen LogP contribution in [0.5, 0.6) is 0 Å². The van der Waals surface area contributed by atoms with E-state index in [1.165, 1.54) is 22.3 Å².